The van der Waals surface area contributed by atoms with Gasteiger partial charge in [0.15, 0.2) is 0 Å². The summed E-state index contributed by atoms with van der Waals surface area (Å²) in [7, 11) is 1.16. The lowest BCUT2D eigenvalue weighted by Crippen LogP contribution is -2.48. The molecule has 1 atom stereocenters. The predicted molar refractivity (Wildman–Crippen MR) is 63.9 cm³/mol. The number of carbonyl (C=O) groups is 1. The summed E-state index contributed by atoms with van der Waals surface area (Å²) in [6.45, 7) is 5.06. The number of nitrogens with one attached hydrogen (secondary N) is 1. The van der Waals surface area contributed by atoms with Crippen LogP contribution < -0.4 is 5.32 Å². The average Bonchev–Trinajstić information content (AvgIpc) is 2.35. The molecule has 0 radical (unpaired) electrons. The molecule has 0 spiro atoms. The van der Waals surface area contributed by atoms with Crippen LogP contribution in [0.5, 0.6) is 0 Å². The van der Waals surface area contributed by atoms with E-state index in [0.717, 1.165) is 19.2 Å². The first kappa shape index (κ1) is 14.3. The summed E-state index contributed by atoms with van der Waals surface area (Å²) in [6.07, 6.45) is 1.49. The zero-order valence-electron chi connectivity index (χ0n) is 10.3. The predicted octanol–water partition coefficient (Wildman–Crippen LogP) is 2.13. The lowest BCUT2D eigenvalue weighted by molar-refractivity contribution is -0.148. The van der Waals surface area contributed by atoms with E-state index in [4.69, 9.17) is 0 Å². The highest BCUT2D eigenvalue weighted by Crippen LogP contribution is 2.27. The number of carbonyl (C=O) groups excluding carboxylic acids is 1. The van der Waals surface area contributed by atoms with Crippen molar-refractivity contribution in [2.75, 3.05) is 13.7 Å². The fourth-order valence-corrected chi connectivity index (χ4v) is 1.72. The molecule has 0 amide bonds. The molecule has 0 aliphatic carbocycles. The first-order valence-corrected chi connectivity index (χ1v) is 5.36. The number of ether oxygens (including phenoxy) is 1. The van der Waals surface area contributed by atoms with E-state index >= 15 is 0 Å². The molecule has 0 aliphatic rings. The van der Waals surface area contributed by atoms with Crippen LogP contribution in [0, 0.1) is 11.6 Å². The van der Waals surface area contributed by atoms with Crippen LogP contribution in [0.4, 0.5) is 8.78 Å². The number of benzene rings is 1. The SMILES string of the molecule is C=CCNC(C)(C(=O)OC)c1c(F)cccc1F. The van der Waals surface area contributed by atoms with Crippen LogP contribution in [-0.2, 0) is 15.1 Å². The van der Waals surface area contributed by atoms with Crippen molar-refractivity contribution in [1.29, 1.82) is 0 Å². The molecule has 0 fully saturated rings. The third kappa shape index (κ3) is 2.56. The molecule has 0 saturated carbocycles. The van der Waals surface area contributed by atoms with Crippen molar-refractivity contribution < 1.29 is 18.3 Å². The molecule has 0 saturated heterocycles. The number of hydrogen-bond donors (Lipinski definition) is 1. The van der Waals surface area contributed by atoms with Gasteiger partial charge < -0.3 is 4.74 Å². The van der Waals surface area contributed by atoms with Crippen LogP contribution in [0.25, 0.3) is 0 Å². The van der Waals surface area contributed by atoms with Gasteiger partial charge in [-0.15, -0.1) is 6.58 Å². The van der Waals surface area contributed by atoms with Crippen LogP contribution in [0.2, 0.25) is 0 Å². The first-order valence-electron chi connectivity index (χ1n) is 5.36. The summed E-state index contributed by atoms with van der Waals surface area (Å²) in [5, 5.41) is 2.72. The molecule has 1 aromatic carbocycles. The zero-order chi connectivity index (χ0) is 13.8. The highest BCUT2D eigenvalue weighted by atomic mass is 19.1. The minimum Gasteiger partial charge on any atom is -0.467 e. The van der Waals surface area contributed by atoms with Gasteiger partial charge in [-0.1, -0.05) is 12.1 Å². The monoisotopic (exact) mass is 255 g/mol. The van der Waals surface area contributed by atoms with Gasteiger partial charge >= 0.3 is 5.97 Å². The molecule has 18 heavy (non-hydrogen) atoms. The van der Waals surface area contributed by atoms with Crippen LogP contribution in [0.3, 0.4) is 0 Å². The Hall–Kier alpha value is -1.75. The van der Waals surface area contributed by atoms with E-state index in [0.29, 0.717) is 0 Å². The van der Waals surface area contributed by atoms with Crippen molar-refractivity contribution in [1.82, 2.24) is 5.32 Å². The normalized spacial score (nSPS) is 13.8. The Labute approximate surface area is 104 Å². The summed E-state index contributed by atoms with van der Waals surface area (Å²) in [5.74, 6) is -2.38. The Kier molecular flexibility index (Phi) is 4.55. The molecule has 0 heterocycles. The smallest absolute Gasteiger partial charge is 0.330 e. The van der Waals surface area contributed by atoms with Gasteiger partial charge in [0.25, 0.3) is 0 Å². The fourth-order valence-electron chi connectivity index (χ4n) is 1.72. The Balaban J connectivity index is 3.33. The molecular weight excluding hydrogens is 240 g/mol. The number of methoxy groups -OCH3 is 1. The van der Waals surface area contributed by atoms with Gasteiger partial charge in [0.05, 0.1) is 12.7 Å². The lowest BCUT2D eigenvalue weighted by atomic mass is 9.90. The Morgan fingerprint density at radius 1 is 1.50 bits per heavy atom. The second-order valence-corrected chi connectivity index (χ2v) is 3.88. The fraction of sp³-hybridized carbons (Fsp3) is 0.308. The van der Waals surface area contributed by atoms with Gasteiger partial charge in [-0.2, -0.15) is 0 Å². The van der Waals surface area contributed by atoms with Gasteiger partial charge in [0, 0.05) is 6.54 Å². The summed E-state index contributed by atoms with van der Waals surface area (Å²) >= 11 is 0. The second-order valence-electron chi connectivity index (χ2n) is 3.88. The van der Waals surface area contributed by atoms with Crippen molar-refractivity contribution in [3.05, 3.63) is 48.1 Å². The van der Waals surface area contributed by atoms with Crippen LogP contribution in [0.15, 0.2) is 30.9 Å². The van der Waals surface area contributed by atoms with Crippen molar-refractivity contribution >= 4 is 5.97 Å². The molecule has 98 valence electrons. The van der Waals surface area contributed by atoms with E-state index in [-0.39, 0.29) is 12.1 Å². The molecule has 5 heteroatoms. The van der Waals surface area contributed by atoms with E-state index in [1.165, 1.54) is 19.1 Å². The highest BCUT2D eigenvalue weighted by molar-refractivity contribution is 5.82. The first-order chi connectivity index (χ1) is 8.47. The highest BCUT2D eigenvalue weighted by Gasteiger charge is 2.40. The van der Waals surface area contributed by atoms with Gasteiger partial charge in [0.1, 0.15) is 17.2 Å². The standard InChI is InChI=1S/C13H15F2NO2/c1-4-8-16-13(2,12(17)18-3)11-9(14)6-5-7-10(11)15/h4-7,16H,1,8H2,2-3H3. The maximum Gasteiger partial charge on any atom is 0.330 e. The van der Waals surface area contributed by atoms with E-state index in [9.17, 15) is 13.6 Å². The zero-order valence-corrected chi connectivity index (χ0v) is 10.3. The minimum atomic E-state index is -1.60. The van der Waals surface area contributed by atoms with E-state index in [1.54, 1.807) is 0 Å². The molecule has 1 aromatic rings. The molecule has 0 aliphatic heterocycles. The molecular formula is C13H15F2NO2. The number of esters is 1. The Bertz CT molecular complexity index is 442. The Morgan fingerprint density at radius 2 is 2.06 bits per heavy atom. The average molecular weight is 255 g/mol. The number of hydrogen-bond acceptors (Lipinski definition) is 3. The van der Waals surface area contributed by atoms with Crippen molar-refractivity contribution in [3.8, 4) is 0 Å². The number of halogens is 2. The third-order valence-electron chi connectivity index (χ3n) is 2.66. The molecule has 1 unspecified atom stereocenters. The summed E-state index contributed by atoms with van der Waals surface area (Å²) < 4.78 is 32.1. The van der Waals surface area contributed by atoms with Crippen molar-refractivity contribution in [2.45, 2.75) is 12.5 Å². The molecule has 0 aromatic heterocycles. The molecule has 1 rings (SSSR count). The van der Waals surface area contributed by atoms with Gasteiger partial charge in [-0.3, -0.25) is 5.32 Å². The van der Waals surface area contributed by atoms with Gasteiger partial charge in [0.2, 0.25) is 0 Å². The van der Waals surface area contributed by atoms with Gasteiger partial charge in [-0.25, -0.2) is 13.6 Å². The third-order valence-corrected chi connectivity index (χ3v) is 2.66. The van der Waals surface area contributed by atoms with Crippen LogP contribution >= 0.6 is 0 Å². The van der Waals surface area contributed by atoms with E-state index in [1.807, 2.05) is 0 Å². The molecule has 3 nitrogen and oxygen atoms in total. The summed E-state index contributed by atoms with van der Waals surface area (Å²) in [5.41, 5.74) is -1.96. The molecule has 0 bridgehead atoms. The largest absolute Gasteiger partial charge is 0.467 e. The van der Waals surface area contributed by atoms with Crippen molar-refractivity contribution in [2.24, 2.45) is 0 Å². The number of rotatable bonds is 5. The van der Waals surface area contributed by atoms with Crippen LogP contribution in [0.1, 0.15) is 12.5 Å². The second kappa shape index (κ2) is 5.73. The minimum absolute atomic E-state index is 0.208. The Morgan fingerprint density at radius 3 is 2.50 bits per heavy atom. The van der Waals surface area contributed by atoms with Crippen LogP contribution in [-0.4, -0.2) is 19.6 Å². The topological polar surface area (TPSA) is 38.3 Å². The molecule has 1 N–H and O–H groups in total. The van der Waals surface area contributed by atoms with E-state index < -0.39 is 23.1 Å². The maximum atomic E-state index is 13.8. The lowest BCUT2D eigenvalue weighted by Gasteiger charge is -2.28. The summed E-state index contributed by atoms with van der Waals surface area (Å²) in [6, 6.07) is 3.42. The summed E-state index contributed by atoms with van der Waals surface area (Å²) in [4.78, 5) is 11.8. The van der Waals surface area contributed by atoms with Gasteiger partial charge in [-0.05, 0) is 19.1 Å². The maximum absolute atomic E-state index is 13.8. The van der Waals surface area contributed by atoms with E-state index in [2.05, 4.69) is 16.6 Å². The quantitative estimate of drug-likeness (QED) is 0.647. The van der Waals surface area contributed by atoms with Crippen molar-refractivity contribution in [3.63, 3.8) is 0 Å².